The third-order valence-corrected chi connectivity index (χ3v) is 3.21. The molecule has 0 aliphatic rings. The smallest absolute Gasteiger partial charge is 0.248 e. The molecule has 0 radical (unpaired) electrons. The minimum atomic E-state index is -0.361. The van der Waals surface area contributed by atoms with Gasteiger partial charge >= 0.3 is 0 Å². The van der Waals surface area contributed by atoms with Gasteiger partial charge in [0.1, 0.15) is 0 Å². The Balaban J connectivity index is 2.49. The van der Waals surface area contributed by atoms with Crippen molar-refractivity contribution in [1.82, 2.24) is 0 Å². The van der Waals surface area contributed by atoms with Crippen LogP contribution in [0.5, 0.6) is 0 Å². The predicted octanol–water partition coefficient (Wildman–Crippen LogP) is 3.33. The average Bonchev–Trinajstić information content (AvgIpc) is 2.41. The number of carbonyl (C=O) groups excluding carboxylic acids is 1. The van der Waals surface area contributed by atoms with E-state index in [9.17, 15) is 4.79 Å². The molecule has 2 heteroatoms. The molecule has 2 N–H and O–H groups in total. The van der Waals surface area contributed by atoms with E-state index in [4.69, 9.17) is 5.73 Å². The first-order chi connectivity index (χ1) is 8.74. The van der Waals surface area contributed by atoms with E-state index in [0.717, 1.165) is 12.0 Å². The van der Waals surface area contributed by atoms with E-state index in [1.165, 1.54) is 5.56 Å². The number of hydrogen-bond donors (Lipinski definition) is 1. The van der Waals surface area contributed by atoms with Crippen molar-refractivity contribution in [3.05, 3.63) is 71.3 Å². The summed E-state index contributed by atoms with van der Waals surface area (Å²) in [6.07, 6.45) is 0.939. The highest BCUT2D eigenvalue weighted by molar-refractivity contribution is 5.94. The molecule has 2 aromatic rings. The van der Waals surface area contributed by atoms with Crippen LogP contribution in [0, 0.1) is 0 Å². The lowest BCUT2D eigenvalue weighted by atomic mass is 9.86. The lowest BCUT2D eigenvalue weighted by Gasteiger charge is -2.18. The molecule has 1 atom stereocenters. The zero-order chi connectivity index (χ0) is 13.0. The molecule has 0 heterocycles. The molecule has 92 valence electrons. The molecule has 0 bridgehead atoms. The molecule has 0 saturated carbocycles. The Morgan fingerprint density at radius 2 is 1.67 bits per heavy atom. The van der Waals surface area contributed by atoms with Crippen molar-refractivity contribution in [2.45, 2.75) is 19.3 Å². The van der Waals surface area contributed by atoms with E-state index in [1.807, 2.05) is 36.4 Å². The summed E-state index contributed by atoms with van der Waals surface area (Å²) in [6.45, 7) is 2.12. The first kappa shape index (κ1) is 12.4. The Kier molecular flexibility index (Phi) is 3.78. The van der Waals surface area contributed by atoms with E-state index >= 15 is 0 Å². The van der Waals surface area contributed by atoms with Crippen molar-refractivity contribution in [3.8, 4) is 0 Å². The van der Waals surface area contributed by atoms with Crippen LogP contribution in [0.25, 0.3) is 0 Å². The topological polar surface area (TPSA) is 43.1 Å². The number of primary amides is 1. The van der Waals surface area contributed by atoms with Crippen molar-refractivity contribution in [2.75, 3.05) is 0 Å². The monoisotopic (exact) mass is 239 g/mol. The van der Waals surface area contributed by atoms with Gasteiger partial charge in [-0.05, 0) is 23.6 Å². The first-order valence-electron chi connectivity index (χ1n) is 6.17. The van der Waals surface area contributed by atoms with Gasteiger partial charge in [0.2, 0.25) is 5.91 Å². The SMILES string of the molecule is CCC(c1ccccc1)c1ccccc1C(N)=O. The average molecular weight is 239 g/mol. The van der Waals surface area contributed by atoms with Gasteiger partial charge in [0, 0.05) is 11.5 Å². The molecule has 0 spiro atoms. The third kappa shape index (κ3) is 2.43. The Labute approximate surface area is 107 Å². The van der Waals surface area contributed by atoms with Crippen molar-refractivity contribution < 1.29 is 4.79 Å². The van der Waals surface area contributed by atoms with Crippen LogP contribution in [0.1, 0.15) is 40.7 Å². The molecule has 0 saturated heterocycles. The molecule has 2 nitrogen and oxygen atoms in total. The van der Waals surface area contributed by atoms with Crippen LogP contribution in [-0.2, 0) is 0 Å². The van der Waals surface area contributed by atoms with Crippen molar-refractivity contribution in [2.24, 2.45) is 5.73 Å². The minimum Gasteiger partial charge on any atom is -0.366 e. The maximum absolute atomic E-state index is 11.5. The van der Waals surface area contributed by atoms with Crippen LogP contribution in [0.15, 0.2) is 54.6 Å². The highest BCUT2D eigenvalue weighted by Gasteiger charge is 2.17. The molecular weight excluding hydrogens is 222 g/mol. The van der Waals surface area contributed by atoms with E-state index in [-0.39, 0.29) is 11.8 Å². The second kappa shape index (κ2) is 5.50. The first-order valence-corrected chi connectivity index (χ1v) is 6.17. The molecule has 1 unspecified atom stereocenters. The Bertz CT molecular complexity index is 534. The van der Waals surface area contributed by atoms with Crippen LogP contribution in [0.3, 0.4) is 0 Å². The largest absolute Gasteiger partial charge is 0.366 e. The van der Waals surface area contributed by atoms with E-state index in [0.29, 0.717) is 5.56 Å². The summed E-state index contributed by atoms with van der Waals surface area (Å²) in [4.78, 5) is 11.5. The van der Waals surface area contributed by atoms with Gasteiger partial charge in [-0.25, -0.2) is 0 Å². The van der Waals surface area contributed by atoms with E-state index in [1.54, 1.807) is 6.07 Å². The fourth-order valence-electron chi connectivity index (χ4n) is 2.35. The van der Waals surface area contributed by atoms with Crippen LogP contribution in [0.4, 0.5) is 0 Å². The Morgan fingerprint density at radius 3 is 2.28 bits per heavy atom. The zero-order valence-corrected chi connectivity index (χ0v) is 10.5. The highest BCUT2D eigenvalue weighted by atomic mass is 16.1. The quantitative estimate of drug-likeness (QED) is 0.873. The fraction of sp³-hybridized carbons (Fsp3) is 0.188. The summed E-state index contributed by atoms with van der Waals surface area (Å²) in [6, 6.07) is 17.8. The summed E-state index contributed by atoms with van der Waals surface area (Å²) in [7, 11) is 0. The van der Waals surface area contributed by atoms with Gasteiger partial charge in [0.25, 0.3) is 0 Å². The predicted molar refractivity (Wildman–Crippen MR) is 73.5 cm³/mol. The minimum absolute atomic E-state index is 0.217. The molecule has 1 amide bonds. The van der Waals surface area contributed by atoms with E-state index in [2.05, 4.69) is 19.1 Å². The van der Waals surface area contributed by atoms with Crippen molar-refractivity contribution in [3.63, 3.8) is 0 Å². The highest BCUT2D eigenvalue weighted by Crippen LogP contribution is 2.29. The second-order valence-electron chi connectivity index (χ2n) is 4.32. The summed E-state index contributed by atoms with van der Waals surface area (Å²) in [5, 5.41) is 0. The van der Waals surface area contributed by atoms with Gasteiger partial charge in [-0.15, -0.1) is 0 Å². The van der Waals surface area contributed by atoms with Gasteiger partial charge in [0.05, 0.1) is 0 Å². The molecule has 0 aliphatic heterocycles. The van der Waals surface area contributed by atoms with Crippen LogP contribution >= 0.6 is 0 Å². The Morgan fingerprint density at radius 1 is 1.06 bits per heavy atom. The standard InChI is InChI=1S/C16H17NO/c1-2-13(12-8-4-3-5-9-12)14-10-6-7-11-15(14)16(17)18/h3-11,13H,2H2,1H3,(H2,17,18). The number of carbonyl (C=O) groups is 1. The summed E-state index contributed by atoms with van der Waals surface area (Å²) >= 11 is 0. The van der Waals surface area contributed by atoms with Crippen LogP contribution in [-0.4, -0.2) is 5.91 Å². The number of benzene rings is 2. The molecule has 2 rings (SSSR count). The van der Waals surface area contributed by atoms with Gasteiger partial charge in [0.15, 0.2) is 0 Å². The third-order valence-electron chi connectivity index (χ3n) is 3.21. The molecule has 0 aromatic heterocycles. The second-order valence-corrected chi connectivity index (χ2v) is 4.32. The van der Waals surface area contributed by atoms with E-state index < -0.39 is 0 Å². The molecule has 2 aromatic carbocycles. The van der Waals surface area contributed by atoms with Gasteiger partial charge < -0.3 is 5.73 Å². The van der Waals surface area contributed by atoms with Crippen molar-refractivity contribution in [1.29, 1.82) is 0 Å². The molecule has 18 heavy (non-hydrogen) atoms. The lowest BCUT2D eigenvalue weighted by Crippen LogP contribution is -2.15. The Hall–Kier alpha value is -2.09. The number of amides is 1. The number of hydrogen-bond acceptors (Lipinski definition) is 1. The number of rotatable bonds is 4. The zero-order valence-electron chi connectivity index (χ0n) is 10.5. The fourth-order valence-corrected chi connectivity index (χ4v) is 2.35. The molecular formula is C16H17NO. The van der Waals surface area contributed by atoms with Crippen molar-refractivity contribution >= 4 is 5.91 Å². The summed E-state index contributed by atoms with van der Waals surface area (Å²) in [5.74, 6) is -0.144. The van der Waals surface area contributed by atoms with Crippen LogP contribution in [0.2, 0.25) is 0 Å². The normalized spacial score (nSPS) is 12.1. The van der Waals surface area contributed by atoms with Gasteiger partial charge in [-0.3, -0.25) is 4.79 Å². The summed E-state index contributed by atoms with van der Waals surface area (Å²) < 4.78 is 0. The lowest BCUT2D eigenvalue weighted by molar-refractivity contribution is 0.0999. The molecule has 0 aliphatic carbocycles. The maximum atomic E-state index is 11.5. The van der Waals surface area contributed by atoms with Gasteiger partial charge in [-0.1, -0.05) is 55.5 Å². The molecule has 0 fully saturated rings. The summed E-state index contributed by atoms with van der Waals surface area (Å²) in [5.41, 5.74) is 8.29. The number of nitrogens with two attached hydrogens (primary N) is 1. The van der Waals surface area contributed by atoms with Gasteiger partial charge in [-0.2, -0.15) is 0 Å². The van der Waals surface area contributed by atoms with Crippen LogP contribution < -0.4 is 5.73 Å². The maximum Gasteiger partial charge on any atom is 0.248 e.